The zero-order valence-corrected chi connectivity index (χ0v) is 18.2. The highest BCUT2D eigenvalue weighted by Gasteiger charge is 2.40. The van der Waals surface area contributed by atoms with E-state index in [1.54, 1.807) is 0 Å². The number of aryl methyl sites for hydroxylation is 3. The molecule has 150 valence electrons. The molecular weight excluding hydrogens is 366 g/mol. The number of imide groups is 1. The van der Waals surface area contributed by atoms with E-state index in [4.69, 9.17) is 0 Å². The first-order chi connectivity index (χ1) is 13.5. The first-order valence-corrected chi connectivity index (χ1v) is 11.4. The van der Waals surface area contributed by atoms with Crippen LogP contribution < -0.4 is 4.90 Å². The highest BCUT2D eigenvalue weighted by molar-refractivity contribution is 7.12. The Hall–Kier alpha value is -1.94. The number of hydrogen-bond acceptors (Lipinski definition) is 3. The molecule has 3 nitrogen and oxygen atoms in total. The van der Waals surface area contributed by atoms with Crippen LogP contribution in [0.15, 0.2) is 24.3 Å². The van der Waals surface area contributed by atoms with Gasteiger partial charge in [0.25, 0.3) is 11.8 Å². The molecule has 28 heavy (non-hydrogen) atoms. The lowest BCUT2D eigenvalue weighted by atomic mass is 10.0. The maximum Gasteiger partial charge on any atom is 0.267 e. The number of thiophene rings is 1. The van der Waals surface area contributed by atoms with Gasteiger partial charge in [0.05, 0.1) is 16.8 Å². The summed E-state index contributed by atoms with van der Waals surface area (Å²) in [6.07, 6.45) is 11.6. The Balaban J connectivity index is 1.52. The van der Waals surface area contributed by atoms with Crippen LogP contribution in [0.4, 0.5) is 5.69 Å². The third-order valence-corrected chi connectivity index (χ3v) is 6.63. The zero-order valence-electron chi connectivity index (χ0n) is 17.3. The Kier molecular flexibility index (Phi) is 7.06. The number of anilines is 1. The Morgan fingerprint density at radius 2 is 1.25 bits per heavy atom. The van der Waals surface area contributed by atoms with E-state index in [9.17, 15) is 9.59 Å². The Labute approximate surface area is 172 Å². The van der Waals surface area contributed by atoms with Crippen LogP contribution in [0.2, 0.25) is 0 Å². The quantitative estimate of drug-likeness (QED) is 0.325. The number of nitrogens with zero attached hydrogens (tertiary/aromatic N) is 1. The molecule has 0 saturated heterocycles. The van der Waals surface area contributed by atoms with Crippen LogP contribution in [0.5, 0.6) is 0 Å². The molecule has 2 amide bonds. The minimum absolute atomic E-state index is 0.183. The zero-order chi connectivity index (χ0) is 20.1. The fourth-order valence-electron chi connectivity index (χ4n) is 4.02. The van der Waals surface area contributed by atoms with Crippen molar-refractivity contribution < 1.29 is 9.59 Å². The van der Waals surface area contributed by atoms with Crippen molar-refractivity contribution in [3.8, 4) is 0 Å². The molecule has 1 aromatic heterocycles. The summed E-state index contributed by atoms with van der Waals surface area (Å²) >= 11 is 1.53. The van der Waals surface area contributed by atoms with E-state index < -0.39 is 0 Å². The highest BCUT2D eigenvalue weighted by Crippen LogP contribution is 2.37. The number of amides is 2. The number of hydrogen-bond donors (Lipinski definition) is 0. The van der Waals surface area contributed by atoms with Crippen LogP contribution in [0.1, 0.15) is 94.3 Å². The van der Waals surface area contributed by atoms with Crippen molar-refractivity contribution in [3.05, 3.63) is 50.7 Å². The molecule has 4 heteroatoms. The second-order valence-electron chi connectivity index (χ2n) is 7.80. The van der Waals surface area contributed by atoms with Gasteiger partial charge in [-0.05, 0) is 44.4 Å². The highest BCUT2D eigenvalue weighted by atomic mass is 32.1. The van der Waals surface area contributed by atoms with E-state index in [1.165, 1.54) is 73.2 Å². The van der Waals surface area contributed by atoms with Crippen molar-refractivity contribution in [1.82, 2.24) is 0 Å². The summed E-state index contributed by atoms with van der Waals surface area (Å²) < 4.78 is 0. The fourth-order valence-corrected chi connectivity index (χ4v) is 5.07. The van der Waals surface area contributed by atoms with Gasteiger partial charge in [-0.25, -0.2) is 4.90 Å². The molecule has 2 aromatic rings. The molecule has 0 spiro atoms. The van der Waals surface area contributed by atoms with Crippen LogP contribution in [-0.4, -0.2) is 11.8 Å². The van der Waals surface area contributed by atoms with Crippen molar-refractivity contribution in [1.29, 1.82) is 0 Å². The van der Waals surface area contributed by atoms with Gasteiger partial charge in [0.2, 0.25) is 0 Å². The third kappa shape index (κ3) is 4.38. The van der Waals surface area contributed by atoms with E-state index in [2.05, 4.69) is 19.1 Å². The normalized spacial score (nSPS) is 13.5. The Morgan fingerprint density at radius 1 is 0.750 bits per heavy atom. The fraction of sp³-hybridized carbons (Fsp3) is 0.500. The van der Waals surface area contributed by atoms with Crippen molar-refractivity contribution in [3.63, 3.8) is 0 Å². The predicted molar refractivity (Wildman–Crippen MR) is 118 cm³/mol. The van der Waals surface area contributed by atoms with Gasteiger partial charge >= 0.3 is 0 Å². The van der Waals surface area contributed by atoms with E-state index >= 15 is 0 Å². The topological polar surface area (TPSA) is 37.4 Å². The van der Waals surface area contributed by atoms with Gasteiger partial charge < -0.3 is 0 Å². The molecule has 0 fully saturated rings. The largest absolute Gasteiger partial charge is 0.268 e. The molecular formula is C24H31NO2S. The van der Waals surface area contributed by atoms with Crippen molar-refractivity contribution >= 4 is 28.8 Å². The van der Waals surface area contributed by atoms with Gasteiger partial charge in [-0.3, -0.25) is 9.59 Å². The lowest BCUT2D eigenvalue weighted by molar-refractivity contribution is 0.0926. The van der Waals surface area contributed by atoms with E-state index in [1.807, 2.05) is 26.0 Å². The van der Waals surface area contributed by atoms with Gasteiger partial charge in [0.15, 0.2) is 0 Å². The number of carbonyl (C=O) groups excluding carboxylic acids is 2. The number of fused-ring (bicyclic) bond motifs is 1. The summed E-state index contributed by atoms with van der Waals surface area (Å²) in [7, 11) is 0. The minimum Gasteiger partial charge on any atom is -0.268 e. The summed E-state index contributed by atoms with van der Waals surface area (Å²) in [6.45, 7) is 6.08. The number of carbonyl (C=O) groups is 2. The number of unbranched alkanes of at least 4 members (excludes halogenated alkanes) is 7. The average Bonchev–Trinajstić information content (AvgIpc) is 3.13. The van der Waals surface area contributed by atoms with Crippen molar-refractivity contribution in [2.45, 2.75) is 78.6 Å². The monoisotopic (exact) mass is 397 g/mol. The predicted octanol–water partition coefficient (Wildman–Crippen LogP) is 6.85. The Bertz CT molecular complexity index is 799. The summed E-state index contributed by atoms with van der Waals surface area (Å²) in [5.74, 6) is -0.365. The first kappa shape index (κ1) is 20.8. The summed E-state index contributed by atoms with van der Waals surface area (Å²) in [5.41, 5.74) is 3.14. The lowest BCUT2D eigenvalue weighted by Crippen LogP contribution is -2.29. The second kappa shape index (κ2) is 9.51. The number of rotatable bonds is 10. The van der Waals surface area contributed by atoms with Crippen LogP contribution in [0.25, 0.3) is 0 Å². The van der Waals surface area contributed by atoms with Crippen molar-refractivity contribution in [2.75, 3.05) is 4.90 Å². The van der Waals surface area contributed by atoms with Crippen LogP contribution in [0.3, 0.4) is 0 Å². The minimum atomic E-state index is -0.183. The van der Waals surface area contributed by atoms with E-state index in [0.717, 1.165) is 16.2 Å². The maximum absolute atomic E-state index is 12.8. The molecule has 0 aliphatic carbocycles. The van der Waals surface area contributed by atoms with Gasteiger partial charge in [0.1, 0.15) is 0 Å². The molecule has 1 aromatic carbocycles. The summed E-state index contributed by atoms with van der Waals surface area (Å²) in [4.78, 5) is 28.7. The lowest BCUT2D eigenvalue weighted by Gasteiger charge is -2.15. The van der Waals surface area contributed by atoms with Crippen LogP contribution in [0, 0.1) is 13.8 Å². The van der Waals surface area contributed by atoms with E-state index in [0.29, 0.717) is 16.8 Å². The summed E-state index contributed by atoms with van der Waals surface area (Å²) in [5, 5.41) is 0. The van der Waals surface area contributed by atoms with Gasteiger partial charge in [-0.2, -0.15) is 0 Å². The molecule has 0 saturated carbocycles. The maximum atomic E-state index is 12.8. The smallest absolute Gasteiger partial charge is 0.267 e. The molecule has 1 aliphatic heterocycles. The second-order valence-corrected chi connectivity index (χ2v) is 9.23. The average molecular weight is 398 g/mol. The molecule has 0 unspecified atom stereocenters. The van der Waals surface area contributed by atoms with Gasteiger partial charge in [0, 0.05) is 9.75 Å². The van der Waals surface area contributed by atoms with Gasteiger partial charge in [-0.1, -0.05) is 64.0 Å². The number of benzene rings is 1. The first-order valence-electron chi connectivity index (χ1n) is 10.6. The van der Waals surface area contributed by atoms with Gasteiger partial charge in [-0.15, -0.1) is 11.3 Å². The molecule has 0 bridgehead atoms. The molecule has 2 heterocycles. The molecule has 1 aliphatic rings. The third-order valence-electron chi connectivity index (χ3n) is 5.61. The van der Waals surface area contributed by atoms with Crippen molar-refractivity contribution in [2.24, 2.45) is 0 Å². The Morgan fingerprint density at radius 3 is 1.79 bits per heavy atom. The molecule has 0 N–H and O–H groups in total. The molecule has 0 radical (unpaired) electrons. The van der Waals surface area contributed by atoms with Crippen LogP contribution in [-0.2, 0) is 6.42 Å². The standard InChI is InChI=1S/C24H31NO2S/c1-4-5-6-7-8-9-10-11-12-19-13-15-20(16-14-19)25-23(26)21-17(2)28-18(3)22(21)24(25)27/h13-16H,4-12H2,1-3H3. The molecule has 3 rings (SSSR count). The SMILES string of the molecule is CCCCCCCCCCc1ccc(N2C(=O)c3c(C)sc(C)c3C2=O)cc1. The van der Waals surface area contributed by atoms with Crippen LogP contribution >= 0.6 is 11.3 Å². The molecule has 0 atom stereocenters. The van der Waals surface area contributed by atoms with E-state index in [-0.39, 0.29) is 11.8 Å². The summed E-state index contributed by atoms with van der Waals surface area (Å²) in [6, 6.07) is 7.94.